The smallest absolute Gasteiger partial charge is 0.270 e. The topological polar surface area (TPSA) is 46.5 Å². The number of nitrogens with zero attached hydrogens (tertiary/aromatic N) is 2. The van der Waals surface area contributed by atoms with E-state index in [1.165, 1.54) is 0 Å². The third-order valence-corrected chi connectivity index (χ3v) is 4.83. The Labute approximate surface area is 132 Å². The molecule has 22 heavy (non-hydrogen) atoms. The quantitative estimate of drug-likeness (QED) is 0.904. The fourth-order valence-corrected chi connectivity index (χ4v) is 3.58. The fraction of sp³-hybridized carbons (Fsp3) is 0.706. The first-order valence-corrected chi connectivity index (χ1v) is 8.54. The number of nitrogens with one attached hydrogen (secondary N) is 1. The lowest BCUT2D eigenvalue weighted by atomic mass is 10.1. The predicted molar refractivity (Wildman–Crippen MR) is 86.1 cm³/mol. The average molecular weight is 305 g/mol. The third-order valence-electron chi connectivity index (χ3n) is 4.83. The molecule has 0 aliphatic carbocycles. The first kappa shape index (κ1) is 15.6. The van der Waals surface area contributed by atoms with Crippen LogP contribution in [0.2, 0.25) is 0 Å². The number of carbonyl (C=O) groups is 1. The molecule has 0 saturated carbocycles. The maximum Gasteiger partial charge on any atom is 0.270 e. The van der Waals surface area contributed by atoms with Crippen LogP contribution in [-0.2, 0) is 4.74 Å². The first-order valence-electron chi connectivity index (χ1n) is 8.54. The maximum atomic E-state index is 12.8. The lowest BCUT2D eigenvalue weighted by Gasteiger charge is -2.27. The van der Waals surface area contributed by atoms with Crippen molar-refractivity contribution in [1.82, 2.24) is 14.8 Å². The number of aromatic nitrogens is 1. The summed E-state index contributed by atoms with van der Waals surface area (Å²) in [5, 5.41) is 3.38. The summed E-state index contributed by atoms with van der Waals surface area (Å²) in [6.07, 6.45) is 5.32. The van der Waals surface area contributed by atoms with Crippen LogP contribution in [0, 0.1) is 5.92 Å². The summed E-state index contributed by atoms with van der Waals surface area (Å²) < 4.78 is 7.70. The summed E-state index contributed by atoms with van der Waals surface area (Å²) in [5.74, 6) is 0.675. The predicted octanol–water partition coefficient (Wildman–Crippen LogP) is 1.91. The van der Waals surface area contributed by atoms with Crippen LogP contribution in [0.15, 0.2) is 18.3 Å². The van der Waals surface area contributed by atoms with Crippen LogP contribution in [0.3, 0.4) is 0 Å². The zero-order chi connectivity index (χ0) is 15.4. The molecule has 1 atom stereocenters. The van der Waals surface area contributed by atoms with E-state index >= 15 is 0 Å². The van der Waals surface area contributed by atoms with E-state index in [4.69, 9.17) is 4.74 Å². The van der Waals surface area contributed by atoms with Crippen molar-refractivity contribution in [3.63, 3.8) is 0 Å². The Morgan fingerprint density at radius 2 is 2.18 bits per heavy atom. The third kappa shape index (κ3) is 3.36. The largest absolute Gasteiger partial charge is 0.381 e. The Balaban J connectivity index is 1.64. The van der Waals surface area contributed by atoms with Crippen molar-refractivity contribution >= 4 is 5.91 Å². The molecule has 1 aromatic heterocycles. The lowest BCUT2D eigenvalue weighted by molar-refractivity contribution is 0.0749. The molecule has 3 heterocycles. The molecule has 1 aromatic rings. The highest BCUT2D eigenvalue weighted by atomic mass is 16.5. The molecule has 0 aromatic carbocycles. The highest BCUT2D eigenvalue weighted by molar-refractivity contribution is 5.93. The molecule has 5 heteroatoms. The van der Waals surface area contributed by atoms with Crippen LogP contribution in [0.4, 0.5) is 0 Å². The number of rotatable bonds is 5. The van der Waals surface area contributed by atoms with Crippen molar-refractivity contribution in [2.75, 3.05) is 39.4 Å². The number of carbonyl (C=O) groups excluding carboxylic acids is 1. The van der Waals surface area contributed by atoms with Gasteiger partial charge in [0, 0.05) is 37.9 Å². The van der Waals surface area contributed by atoms with Crippen LogP contribution >= 0.6 is 0 Å². The maximum absolute atomic E-state index is 12.8. The van der Waals surface area contributed by atoms with Crippen molar-refractivity contribution in [2.24, 2.45) is 5.92 Å². The molecule has 0 bridgehead atoms. The fourth-order valence-electron chi connectivity index (χ4n) is 3.58. The molecule has 1 unspecified atom stereocenters. The number of ether oxygens (including phenoxy) is 1. The molecule has 2 aliphatic rings. The van der Waals surface area contributed by atoms with E-state index < -0.39 is 0 Å². The van der Waals surface area contributed by atoms with Crippen LogP contribution in [0.1, 0.15) is 42.7 Å². The molecule has 3 rings (SSSR count). The van der Waals surface area contributed by atoms with Crippen LogP contribution < -0.4 is 5.32 Å². The number of amides is 1. The minimum atomic E-state index is 0.183. The Kier molecular flexibility index (Phi) is 5.16. The normalized spacial score (nSPS) is 23.1. The van der Waals surface area contributed by atoms with Gasteiger partial charge in [-0.15, -0.1) is 0 Å². The van der Waals surface area contributed by atoms with Gasteiger partial charge in [-0.2, -0.15) is 0 Å². The van der Waals surface area contributed by atoms with Crippen LogP contribution in [0.5, 0.6) is 0 Å². The van der Waals surface area contributed by atoms with E-state index in [9.17, 15) is 4.79 Å². The SMILES string of the molecule is CCOCC1CCN(C(=O)c2cccn2C2CCNCC2)C1. The van der Waals surface area contributed by atoms with Crippen molar-refractivity contribution in [1.29, 1.82) is 0 Å². The molecule has 5 nitrogen and oxygen atoms in total. The van der Waals surface area contributed by atoms with E-state index in [0.29, 0.717) is 12.0 Å². The van der Waals surface area contributed by atoms with E-state index in [1.807, 2.05) is 24.0 Å². The van der Waals surface area contributed by atoms with Crippen molar-refractivity contribution < 1.29 is 9.53 Å². The lowest BCUT2D eigenvalue weighted by Crippen LogP contribution is -2.34. The van der Waals surface area contributed by atoms with Gasteiger partial charge in [0.05, 0.1) is 6.61 Å². The van der Waals surface area contributed by atoms with Crippen LogP contribution in [-0.4, -0.2) is 54.8 Å². The summed E-state index contributed by atoms with van der Waals surface area (Å²) in [6.45, 7) is 7.31. The van der Waals surface area contributed by atoms with Gasteiger partial charge >= 0.3 is 0 Å². The molecule has 122 valence electrons. The Bertz CT molecular complexity index is 494. The summed E-state index contributed by atoms with van der Waals surface area (Å²) in [7, 11) is 0. The summed E-state index contributed by atoms with van der Waals surface area (Å²) in [6, 6.07) is 4.43. The molecule has 2 fully saturated rings. The van der Waals surface area contributed by atoms with Gasteiger partial charge in [0.15, 0.2) is 0 Å². The van der Waals surface area contributed by atoms with Gasteiger partial charge < -0.3 is 19.5 Å². The highest BCUT2D eigenvalue weighted by Gasteiger charge is 2.29. The highest BCUT2D eigenvalue weighted by Crippen LogP contribution is 2.24. The molecule has 0 radical (unpaired) electrons. The van der Waals surface area contributed by atoms with Gasteiger partial charge in [-0.05, 0) is 51.4 Å². The Morgan fingerprint density at radius 1 is 1.36 bits per heavy atom. The zero-order valence-electron chi connectivity index (χ0n) is 13.5. The van der Waals surface area contributed by atoms with E-state index in [1.54, 1.807) is 0 Å². The number of piperidine rings is 1. The van der Waals surface area contributed by atoms with Crippen molar-refractivity contribution in [3.8, 4) is 0 Å². The molecule has 2 aliphatic heterocycles. The van der Waals surface area contributed by atoms with Crippen molar-refractivity contribution in [2.45, 2.75) is 32.2 Å². The molecule has 1 amide bonds. The second-order valence-electron chi connectivity index (χ2n) is 6.35. The van der Waals surface area contributed by atoms with E-state index in [2.05, 4.69) is 16.1 Å². The molecular weight excluding hydrogens is 278 g/mol. The molecule has 2 saturated heterocycles. The zero-order valence-corrected chi connectivity index (χ0v) is 13.5. The minimum Gasteiger partial charge on any atom is -0.381 e. The van der Waals surface area contributed by atoms with Gasteiger partial charge in [0.25, 0.3) is 5.91 Å². The standard InChI is InChI=1S/C17H27N3O2/c1-2-22-13-14-7-11-19(12-14)17(21)16-4-3-10-20(16)15-5-8-18-9-6-15/h3-4,10,14-15,18H,2,5-9,11-13H2,1H3. The van der Waals surface area contributed by atoms with Gasteiger partial charge in [0.1, 0.15) is 5.69 Å². The monoisotopic (exact) mass is 305 g/mol. The van der Waals surface area contributed by atoms with Crippen molar-refractivity contribution in [3.05, 3.63) is 24.0 Å². The van der Waals surface area contributed by atoms with E-state index in [-0.39, 0.29) is 5.91 Å². The van der Waals surface area contributed by atoms with E-state index in [0.717, 1.165) is 64.3 Å². The van der Waals surface area contributed by atoms with Gasteiger partial charge in [-0.1, -0.05) is 0 Å². The second kappa shape index (κ2) is 7.29. The summed E-state index contributed by atoms with van der Waals surface area (Å²) in [5.41, 5.74) is 0.851. The number of hydrogen-bond donors (Lipinski definition) is 1. The number of likely N-dealkylation sites (tertiary alicyclic amines) is 1. The summed E-state index contributed by atoms with van der Waals surface area (Å²) in [4.78, 5) is 14.8. The second-order valence-corrected chi connectivity index (χ2v) is 6.35. The first-order chi connectivity index (χ1) is 10.8. The van der Waals surface area contributed by atoms with Crippen LogP contribution in [0.25, 0.3) is 0 Å². The molecule has 1 N–H and O–H groups in total. The summed E-state index contributed by atoms with van der Waals surface area (Å²) >= 11 is 0. The van der Waals surface area contributed by atoms with Gasteiger partial charge in [0.2, 0.25) is 0 Å². The minimum absolute atomic E-state index is 0.183. The molecular formula is C17H27N3O2. The Hall–Kier alpha value is -1.33. The number of hydrogen-bond acceptors (Lipinski definition) is 3. The average Bonchev–Trinajstić information content (AvgIpc) is 3.22. The van der Waals surface area contributed by atoms with Gasteiger partial charge in [-0.25, -0.2) is 0 Å². The Morgan fingerprint density at radius 3 is 2.95 bits per heavy atom. The van der Waals surface area contributed by atoms with Gasteiger partial charge in [-0.3, -0.25) is 4.79 Å². The molecule has 0 spiro atoms.